The summed E-state index contributed by atoms with van der Waals surface area (Å²) in [7, 11) is 0. The van der Waals surface area contributed by atoms with Crippen LogP contribution in [0.15, 0.2) is 28.7 Å². The van der Waals surface area contributed by atoms with E-state index in [1.807, 2.05) is 0 Å². The summed E-state index contributed by atoms with van der Waals surface area (Å²) in [5.74, 6) is 3.54. The molecule has 2 rings (SSSR count). The van der Waals surface area contributed by atoms with Gasteiger partial charge in [-0.3, -0.25) is 0 Å². The van der Waals surface area contributed by atoms with E-state index in [-0.39, 0.29) is 0 Å². The summed E-state index contributed by atoms with van der Waals surface area (Å²) >= 11 is 5.69. The Hall–Kier alpha value is 0.01000. The molecule has 88 valence electrons. The number of halogens is 1. The normalized spacial score (nSPS) is 22.2. The molecule has 1 aliphatic heterocycles. The van der Waals surface area contributed by atoms with E-state index < -0.39 is 0 Å². The molecule has 1 aliphatic rings. The number of thioether (sulfide) groups is 1. The lowest BCUT2D eigenvalue weighted by Crippen LogP contribution is -2.25. The molecule has 0 radical (unpaired) electrons. The van der Waals surface area contributed by atoms with Gasteiger partial charge in [0.1, 0.15) is 0 Å². The van der Waals surface area contributed by atoms with Gasteiger partial charge in [-0.25, -0.2) is 0 Å². The first-order valence-corrected chi connectivity index (χ1v) is 7.77. The van der Waals surface area contributed by atoms with Crippen molar-refractivity contribution in [1.82, 2.24) is 5.32 Å². The molecule has 0 amide bonds. The third kappa shape index (κ3) is 3.25. The van der Waals surface area contributed by atoms with Crippen molar-refractivity contribution in [3.05, 3.63) is 34.3 Å². The molecule has 1 aromatic carbocycles. The van der Waals surface area contributed by atoms with Crippen LogP contribution in [-0.2, 0) is 0 Å². The van der Waals surface area contributed by atoms with Crippen LogP contribution in [0.5, 0.6) is 0 Å². The van der Waals surface area contributed by atoms with Crippen LogP contribution in [0.1, 0.15) is 24.9 Å². The predicted molar refractivity (Wildman–Crippen MR) is 76.0 cm³/mol. The third-order valence-electron chi connectivity index (χ3n) is 3.11. The molecule has 1 N–H and O–H groups in total. The van der Waals surface area contributed by atoms with Crippen molar-refractivity contribution in [3.8, 4) is 0 Å². The number of rotatable bonds is 4. The van der Waals surface area contributed by atoms with Crippen molar-refractivity contribution in [2.45, 2.75) is 19.4 Å². The summed E-state index contributed by atoms with van der Waals surface area (Å²) in [5.41, 5.74) is 1.35. The van der Waals surface area contributed by atoms with Crippen LogP contribution in [0, 0.1) is 5.92 Å². The lowest BCUT2D eigenvalue weighted by atomic mass is 10.1. The Labute approximate surface area is 111 Å². The van der Waals surface area contributed by atoms with Crippen molar-refractivity contribution < 1.29 is 0 Å². The molecular formula is C13H18BrNS. The van der Waals surface area contributed by atoms with Gasteiger partial charge in [-0.05, 0) is 48.9 Å². The summed E-state index contributed by atoms with van der Waals surface area (Å²) in [5, 5.41) is 3.64. The van der Waals surface area contributed by atoms with Gasteiger partial charge in [0.25, 0.3) is 0 Å². The van der Waals surface area contributed by atoms with Gasteiger partial charge >= 0.3 is 0 Å². The summed E-state index contributed by atoms with van der Waals surface area (Å²) in [6, 6.07) is 8.89. The maximum atomic E-state index is 3.64. The van der Waals surface area contributed by atoms with Gasteiger partial charge in [0.05, 0.1) is 0 Å². The van der Waals surface area contributed by atoms with E-state index >= 15 is 0 Å². The zero-order valence-corrected chi connectivity index (χ0v) is 12.0. The Bertz CT molecular complexity index is 336. The maximum absolute atomic E-state index is 3.64. The van der Waals surface area contributed by atoms with Crippen LogP contribution in [0.3, 0.4) is 0 Å². The van der Waals surface area contributed by atoms with E-state index in [4.69, 9.17) is 0 Å². The van der Waals surface area contributed by atoms with E-state index in [0.717, 1.165) is 12.5 Å². The minimum atomic E-state index is 0.432. The lowest BCUT2D eigenvalue weighted by Gasteiger charge is -2.18. The highest BCUT2D eigenvalue weighted by Crippen LogP contribution is 2.25. The molecule has 0 saturated carbocycles. The Morgan fingerprint density at radius 1 is 1.50 bits per heavy atom. The second kappa shape index (κ2) is 6.08. The van der Waals surface area contributed by atoms with Crippen LogP contribution in [0.4, 0.5) is 0 Å². The largest absolute Gasteiger partial charge is 0.310 e. The molecule has 3 heteroatoms. The fourth-order valence-electron chi connectivity index (χ4n) is 2.02. The molecule has 1 heterocycles. The maximum Gasteiger partial charge on any atom is 0.0303 e. The highest BCUT2D eigenvalue weighted by molar-refractivity contribution is 9.10. The molecule has 16 heavy (non-hydrogen) atoms. The van der Waals surface area contributed by atoms with E-state index in [9.17, 15) is 0 Å². The highest BCUT2D eigenvalue weighted by atomic mass is 79.9. The Morgan fingerprint density at radius 2 is 2.31 bits per heavy atom. The standard InChI is InChI=1S/C13H18BrNS/c1-10(12-4-2-3-5-13(12)14)15-8-11-6-7-16-9-11/h2-5,10-11,15H,6-9H2,1H3. The first kappa shape index (κ1) is 12.5. The molecule has 0 spiro atoms. The van der Waals surface area contributed by atoms with Crippen molar-refractivity contribution in [2.75, 3.05) is 18.1 Å². The molecule has 1 saturated heterocycles. The molecular weight excluding hydrogens is 282 g/mol. The summed E-state index contributed by atoms with van der Waals surface area (Å²) < 4.78 is 1.20. The molecule has 0 aromatic heterocycles. The van der Waals surface area contributed by atoms with E-state index in [1.54, 1.807) is 0 Å². The van der Waals surface area contributed by atoms with Crippen LogP contribution in [-0.4, -0.2) is 18.1 Å². The van der Waals surface area contributed by atoms with E-state index in [2.05, 4.69) is 64.2 Å². The van der Waals surface area contributed by atoms with Crippen LogP contribution >= 0.6 is 27.7 Å². The fourth-order valence-corrected chi connectivity index (χ4v) is 3.94. The van der Waals surface area contributed by atoms with E-state index in [1.165, 1.54) is 28.0 Å². The summed E-state index contributed by atoms with van der Waals surface area (Å²) in [6.07, 6.45) is 1.38. The number of benzene rings is 1. The molecule has 0 bridgehead atoms. The van der Waals surface area contributed by atoms with Crippen molar-refractivity contribution >= 4 is 27.7 Å². The highest BCUT2D eigenvalue weighted by Gasteiger charge is 2.16. The topological polar surface area (TPSA) is 12.0 Å². The van der Waals surface area contributed by atoms with Gasteiger partial charge in [0.2, 0.25) is 0 Å². The van der Waals surface area contributed by atoms with Gasteiger partial charge < -0.3 is 5.32 Å². The Kier molecular flexibility index (Phi) is 4.74. The van der Waals surface area contributed by atoms with Crippen molar-refractivity contribution in [2.24, 2.45) is 5.92 Å². The zero-order valence-electron chi connectivity index (χ0n) is 9.58. The number of hydrogen-bond acceptors (Lipinski definition) is 2. The van der Waals surface area contributed by atoms with Crippen molar-refractivity contribution in [1.29, 1.82) is 0 Å². The molecule has 2 atom stereocenters. The van der Waals surface area contributed by atoms with Gasteiger partial charge in [-0.15, -0.1) is 0 Å². The Morgan fingerprint density at radius 3 is 3.00 bits per heavy atom. The van der Waals surface area contributed by atoms with Gasteiger partial charge in [-0.2, -0.15) is 11.8 Å². The minimum absolute atomic E-state index is 0.432. The number of hydrogen-bond donors (Lipinski definition) is 1. The Balaban J connectivity index is 1.87. The van der Waals surface area contributed by atoms with Crippen LogP contribution in [0.2, 0.25) is 0 Å². The third-order valence-corrected chi connectivity index (χ3v) is 5.06. The monoisotopic (exact) mass is 299 g/mol. The first-order chi connectivity index (χ1) is 7.77. The predicted octanol–water partition coefficient (Wildman–Crippen LogP) is 3.85. The SMILES string of the molecule is CC(NCC1CCSC1)c1ccccc1Br. The summed E-state index contributed by atoms with van der Waals surface area (Å²) in [4.78, 5) is 0. The number of nitrogens with one attached hydrogen (secondary N) is 1. The fraction of sp³-hybridized carbons (Fsp3) is 0.538. The molecule has 1 nitrogen and oxygen atoms in total. The summed E-state index contributed by atoms with van der Waals surface area (Å²) in [6.45, 7) is 3.39. The molecule has 2 unspecified atom stereocenters. The second-order valence-corrected chi connectivity index (χ2v) is 6.39. The quantitative estimate of drug-likeness (QED) is 0.906. The zero-order chi connectivity index (χ0) is 11.4. The van der Waals surface area contributed by atoms with Gasteiger partial charge in [0.15, 0.2) is 0 Å². The molecule has 1 aromatic rings. The first-order valence-electron chi connectivity index (χ1n) is 5.83. The van der Waals surface area contributed by atoms with Crippen LogP contribution < -0.4 is 5.32 Å². The smallest absolute Gasteiger partial charge is 0.0303 e. The average molecular weight is 300 g/mol. The molecule has 1 fully saturated rings. The average Bonchev–Trinajstić information content (AvgIpc) is 2.79. The lowest BCUT2D eigenvalue weighted by molar-refractivity contribution is 0.477. The second-order valence-electron chi connectivity index (χ2n) is 4.38. The minimum Gasteiger partial charge on any atom is -0.310 e. The van der Waals surface area contributed by atoms with E-state index in [0.29, 0.717) is 6.04 Å². The van der Waals surface area contributed by atoms with Gasteiger partial charge in [-0.1, -0.05) is 34.1 Å². The molecule has 0 aliphatic carbocycles. The van der Waals surface area contributed by atoms with Crippen LogP contribution in [0.25, 0.3) is 0 Å². The van der Waals surface area contributed by atoms with Crippen molar-refractivity contribution in [3.63, 3.8) is 0 Å². The van der Waals surface area contributed by atoms with Gasteiger partial charge in [0, 0.05) is 10.5 Å².